The molecular weight excluding hydrogens is 347 g/mol. The minimum Gasteiger partial charge on any atom is -0.462 e. The molecule has 1 rings (SSSR count). The summed E-state index contributed by atoms with van der Waals surface area (Å²) < 4.78 is 42.8. The molecule has 0 aromatic carbocycles. The summed E-state index contributed by atoms with van der Waals surface area (Å²) >= 11 is 2.80. The molecular formula is C11H9BrF3NO4. The molecule has 1 heterocycles. The number of aromatic nitrogens is 1. The van der Waals surface area contributed by atoms with E-state index in [1.807, 2.05) is 0 Å². The Labute approximate surface area is 119 Å². The number of aromatic amines is 1. The summed E-state index contributed by atoms with van der Waals surface area (Å²) in [5, 5.41) is -0.260. The van der Waals surface area contributed by atoms with E-state index < -0.39 is 40.3 Å². The van der Waals surface area contributed by atoms with Crippen LogP contribution in [0.3, 0.4) is 0 Å². The molecule has 0 atom stereocenters. The first kappa shape index (κ1) is 16.4. The molecule has 9 heteroatoms. The molecule has 0 unspecified atom stereocenters. The van der Waals surface area contributed by atoms with Crippen LogP contribution in [0.25, 0.3) is 0 Å². The summed E-state index contributed by atoms with van der Waals surface area (Å²) in [5.41, 5.74) is -4.19. The molecule has 0 aliphatic rings. The van der Waals surface area contributed by atoms with Crippen molar-refractivity contribution in [2.45, 2.75) is 13.1 Å². The van der Waals surface area contributed by atoms with E-state index in [0.29, 0.717) is 6.07 Å². The monoisotopic (exact) mass is 355 g/mol. The Kier molecular flexibility index (Phi) is 5.09. The number of ether oxygens (including phenoxy) is 1. The highest BCUT2D eigenvalue weighted by Gasteiger charge is 2.38. The zero-order valence-electron chi connectivity index (χ0n) is 10.1. The molecule has 5 nitrogen and oxygen atoms in total. The predicted octanol–water partition coefficient (Wildman–Crippen LogP) is 2.15. The smallest absolute Gasteiger partial charge is 0.432 e. The summed E-state index contributed by atoms with van der Waals surface area (Å²) in [7, 11) is 0. The first-order chi connectivity index (χ1) is 9.22. The van der Waals surface area contributed by atoms with Gasteiger partial charge in [0.2, 0.25) is 0 Å². The number of hydrogen-bond acceptors (Lipinski definition) is 4. The van der Waals surface area contributed by atoms with Gasteiger partial charge in [-0.25, -0.2) is 4.79 Å². The first-order valence-corrected chi connectivity index (χ1v) is 6.45. The Morgan fingerprint density at radius 1 is 1.35 bits per heavy atom. The van der Waals surface area contributed by atoms with Crippen LogP contribution in [0.15, 0.2) is 10.9 Å². The number of halogens is 4. The van der Waals surface area contributed by atoms with Crippen molar-refractivity contribution in [3.05, 3.63) is 33.2 Å². The van der Waals surface area contributed by atoms with Gasteiger partial charge >= 0.3 is 12.1 Å². The normalized spacial score (nSPS) is 11.2. The summed E-state index contributed by atoms with van der Waals surface area (Å²) in [6.07, 6.45) is -4.95. The molecule has 1 N–H and O–H groups in total. The SMILES string of the molecule is CCOC(=O)c1cc(C(=O)CBr)c(=O)[nH]c1C(F)(F)F. The number of ketones is 1. The van der Waals surface area contributed by atoms with Crippen molar-refractivity contribution in [2.75, 3.05) is 11.9 Å². The summed E-state index contributed by atoms with van der Waals surface area (Å²) in [6.45, 7) is 1.28. The molecule has 0 aliphatic heterocycles. The number of pyridine rings is 1. The summed E-state index contributed by atoms with van der Waals surface area (Å²) in [5.74, 6) is -2.01. The third-order valence-electron chi connectivity index (χ3n) is 2.24. The molecule has 0 bridgehead atoms. The van der Waals surface area contributed by atoms with Gasteiger partial charge in [-0.3, -0.25) is 9.59 Å². The summed E-state index contributed by atoms with van der Waals surface area (Å²) in [4.78, 5) is 35.9. The second kappa shape index (κ2) is 6.21. The Morgan fingerprint density at radius 2 is 1.95 bits per heavy atom. The van der Waals surface area contributed by atoms with Crippen LogP contribution in [0.2, 0.25) is 0 Å². The molecule has 0 radical (unpaired) electrons. The molecule has 0 fully saturated rings. The number of carbonyl (C=O) groups is 2. The van der Waals surface area contributed by atoms with Crippen molar-refractivity contribution < 1.29 is 27.5 Å². The number of H-pyrrole nitrogens is 1. The van der Waals surface area contributed by atoms with Crippen LogP contribution in [0.5, 0.6) is 0 Å². The number of nitrogens with one attached hydrogen (secondary N) is 1. The van der Waals surface area contributed by atoms with Crippen molar-refractivity contribution in [2.24, 2.45) is 0 Å². The average Bonchev–Trinajstić information content (AvgIpc) is 2.36. The average molecular weight is 356 g/mol. The van der Waals surface area contributed by atoms with E-state index in [4.69, 9.17) is 0 Å². The molecule has 1 aromatic rings. The van der Waals surface area contributed by atoms with Gasteiger partial charge in [-0.2, -0.15) is 13.2 Å². The van der Waals surface area contributed by atoms with Gasteiger partial charge in [0.15, 0.2) is 5.78 Å². The van der Waals surface area contributed by atoms with Crippen LogP contribution in [-0.2, 0) is 10.9 Å². The number of esters is 1. The molecule has 20 heavy (non-hydrogen) atoms. The van der Waals surface area contributed by atoms with E-state index >= 15 is 0 Å². The summed E-state index contributed by atoms with van der Waals surface area (Å²) in [6, 6.07) is 0.600. The van der Waals surface area contributed by atoms with E-state index in [0.717, 1.165) is 0 Å². The maximum atomic E-state index is 12.8. The minimum absolute atomic E-state index is 0.142. The molecule has 1 aromatic heterocycles. The lowest BCUT2D eigenvalue weighted by Gasteiger charge is -2.12. The van der Waals surface area contributed by atoms with Gasteiger partial charge in [-0.05, 0) is 13.0 Å². The number of hydrogen-bond donors (Lipinski definition) is 1. The van der Waals surface area contributed by atoms with Crippen molar-refractivity contribution in [1.82, 2.24) is 4.98 Å². The molecule has 0 aliphatic carbocycles. The lowest BCUT2D eigenvalue weighted by molar-refractivity contribution is -0.141. The number of rotatable bonds is 4. The third-order valence-corrected chi connectivity index (χ3v) is 2.75. The molecule has 0 amide bonds. The molecule has 0 saturated carbocycles. The van der Waals surface area contributed by atoms with Crippen LogP contribution < -0.4 is 5.56 Å². The van der Waals surface area contributed by atoms with Crippen molar-refractivity contribution in [1.29, 1.82) is 0 Å². The van der Waals surface area contributed by atoms with Gasteiger partial charge in [-0.15, -0.1) is 0 Å². The van der Waals surface area contributed by atoms with Crippen LogP contribution >= 0.6 is 15.9 Å². The molecule has 0 spiro atoms. The van der Waals surface area contributed by atoms with Gasteiger partial charge in [0.05, 0.1) is 23.1 Å². The van der Waals surface area contributed by atoms with Crippen molar-refractivity contribution in [3.63, 3.8) is 0 Å². The lowest BCUT2D eigenvalue weighted by Crippen LogP contribution is -2.27. The number of Topliss-reactive ketones (excluding diaryl/α,β-unsaturated/α-hetero) is 1. The van der Waals surface area contributed by atoms with Crippen LogP contribution in [0.1, 0.15) is 33.3 Å². The zero-order chi connectivity index (χ0) is 15.5. The number of carbonyl (C=O) groups excluding carboxylic acids is 2. The van der Waals surface area contributed by atoms with Gasteiger partial charge in [0.1, 0.15) is 5.69 Å². The second-order valence-electron chi connectivity index (χ2n) is 3.58. The quantitative estimate of drug-likeness (QED) is 0.510. The number of alkyl halides is 4. The van der Waals surface area contributed by atoms with Gasteiger partial charge in [0.25, 0.3) is 5.56 Å². The van der Waals surface area contributed by atoms with Crippen LogP contribution in [-0.4, -0.2) is 28.7 Å². The van der Waals surface area contributed by atoms with E-state index in [1.165, 1.54) is 11.9 Å². The van der Waals surface area contributed by atoms with Crippen LogP contribution in [0, 0.1) is 0 Å². The fourth-order valence-electron chi connectivity index (χ4n) is 1.40. The Morgan fingerprint density at radius 3 is 2.40 bits per heavy atom. The van der Waals surface area contributed by atoms with Crippen molar-refractivity contribution in [3.8, 4) is 0 Å². The first-order valence-electron chi connectivity index (χ1n) is 5.33. The van der Waals surface area contributed by atoms with E-state index in [9.17, 15) is 27.6 Å². The fraction of sp³-hybridized carbons (Fsp3) is 0.364. The van der Waals surface area contributed by atoms with Gasteiger partial charge in [0, 0.05) is 0 Å². The van der Waals surface area contributed by atoms with Crippen LogP contribution in [0.4, 0.5) is 13.2 Å². The Bertz CT molecular complexity index is 594. The van der Waals surface area contributed by atoms with Gasteiger partial charge < -0.3 is 9.72 Å². The highest BCUT2D eigenvalue weighted by molar-refractivity contribution is 9.09. The largest absolute Gasteiger partial charge is 0.462 e. The van der Waals surface area contributed by atoms with Crippen molar-refractivity contribution >= 4 is 27.7 Å². The third kappa shape index (κ3) is 3.47. The topological polar surface area (TPSA) is 76.2 Å². The predicted molar refractivity (Wildman–Crippen MR) is 66.1 cm³/mol. The standard InChI is InChI=1S/C11H9BrF3NO4/c1-2-20-10(19)6-3-5(7(17)4-12)9(18)16-8(6)11(13,14)15/h3H,2,4H2,1H3,(H,16,18). The highest BCUT2D eigenvalue weighted by Crippen LogP contribution is 2.30. The van der Waals surface area contributed by atoms with E-state index in [-0.39, 0.29) is 11.9 Å². The fourth-order valence-corrected chi connectivity index (χ4v) is 1.70. The van der Waals surface area contributed by atoms with E-state index in [1.54, 1.807) is 0 Å². The Balaban J connectivity index is 3.54. The lowest BCUT2D eigenvalue weighted by atomic mass is 10.1. The van der Waals surface area contributed by atoms with Gasteiger partial charge in [-0.1, -0.05) is 15.9 Å². The maximum Gasteiger partial charge on any atom is 0.432 e. The maximum absolute atomic E-state index is 12.8. The minimum atomic E-state index is -4.95. The molecule has 0 saturated heterocycles. The zero-order valence-corrected chi connectivity index (χ0v) is 11.7. The second-order valence-corrected chi connectivity index (χ2v) is 4.14. The Hall–Kier alpha value is -1.64. The highest BCUT2D eigenvalue weighted by atomic mass is 79.9. The van der Waals surface area contributed by atoms with E-state index in [2.05, 4.69) is 20.7 Å². The molecule has 110 valence electrons.